The Hall–Kier alpha value is -2.14. The molecule has 1 aromatic carbocycles. The van der Waals surface area contributed by atoms with E-state index in [0.29, 0.717) is 13.2 Å². The van der Waals surface area contributed by atoms with Crippen molar-refractivity contribution >= 4 is 5.91 Å². The first-order valence-electron chi connectivity index (χ1n) is 10.9. The Morgan fingerprint density at radius 2 is 1.77 bits per heavy atom. The first-order valence-corrected chi connectivity index (χ1v) is 10.9. The number of amides is 1. The van der Waals surface area contributed by atoms with Crippen molar-refractivity contribution in [3.63, 3.8) is 0 Å². The highest BCUT2D eigenvalue weighted by Crippen LogP contribution is 2.30. The molecule has 0 spiro atoms. The van der Waals surface area contributed by atoms with Crippen molar-refractivity contribution < 1.29 is 14.3 Å². The summed E-state index contributed by atoms with van der Waals surface area (Å²) in [7, 11) is 2.16. The molecule has 166 valence electrons. The smallest absolute Gasteiger partial charge is 0.234 e. The average molecular weight is 417 g/mol. The Morgan fingerprint density at radius 1 is 1.10 bits per heavy atom. The van der Waals surface area contributed by atoms with Gasteiger partial charge in [-0.25, -0.2) is 0 Å². The van der Waals surface area contributed by atoms with Crippen LogP contribution in [0.5, 0.6) is 5.75 Å². The van der Waals surface area contributed by atoms with E-state index in [1.54, 1.807) is 0 Å². The molecule has 2 rings (SSSR count). The normalized spacial score (nSPS) is 15.5. The quantitative estimate of drug-likeness (QED) is 0.527. The van der Waals surface area contributed by atoms with Crippen LogP contribution in [0.15, 0.2) is 24.3 Å². The summed E-state index contributed by atoms with van der Waals surface area (Å²) < 4.78 is 11.5. The minimum Gasteiger partial charge on any atom is -0.491 e. The molecule has 0 bridgehead atoms. The fraction of sp³-hybridized carbons (Fsp3) is 0.652. The molecule has 0 aromatic heterocycles. The van der Waals surface area contributed by atoms with Crippen LogP contribution in [-0.4, -0.2) is 75.3 Å². The highest BCUT2D eigenvalue weighted by atomic mass is 16.5. The maximum Gasteiger partial charge on any atom is 0.234 e. The van der Waals surface area contributed by atoms with Gasteiger partial charge in [0, 0.05) is 32.7 Å². The van der Waals surface area contributed by atoms with Crippen molar-refractivity contribution in [1.29, 1.82) is 5.26 Å². The van der Waals surface area contributed by atoms with Gasteiger partial charge in [-0.3, -0.25) is 9.69 Å². The van der Waals surface area contributed by atoms with Crippen LogP contribution in [0.25, 0.3) is 0 Å². The summed E-state index contributed by atoms with van der Waals surface area (Å²) in [5.74, 6) is 0.543. The Balaban J connectivity index is 1.74. The maximum atomic E-state index is 12.0. The number of carbonyl (C=O) groups excluding carboxylic acids is 1. The van der Waals surface area contributed by atoms with Crippen LogP contribution < -0.4 is 10.1 Å². The number of nitrogens with one attached hydrogen (secondary N) is 1. The fourth-order valence-corrected chi connectivity index (χ4v) is 3.75. The second kappa shape index (κ2) is 12.5. The standard InChI is InChI=1S/C23H36N4O3/c1-4-23(5-2,25-22(28)10-11-24)20-6-8-21(9-7-20)30-19-18-29-17-16-27-14-12-26(3)13-15-27/h6-9H,4-5,10,12-19H2,1-3H3,(H,25,28). The number of hydrogen-bond acceptors (Lipinski definition) is 6. The van der Waals surface area contributed by atoms with E-state index in [-0.39, 0.29) is 12.3 Å². The van der Waals surface area contributed by atoms with Gasteiger partial charge in [0.2, 0.25) is 5.91 Å². The number of rotatable bonds is 12. The predicted octanol–water partition coefficient (Wildman–Crippen LogP) is 2.37. The predicted molar refractivity (Wildman–Crippen MR) is 117 cm³/mol. The average Bonchev–Trinajstić information content (AvgIpc) is 2.76. The van der Waals surface area contributed by atoms with Crippen LogP contribution in [-0.2, 0) is 15.1 Å². The number of hydrogen-bond donors (Lipinski definition) is 1. The minimum atomic E-state index is -0.459. The molecule has 0 unspecified atom stereocenters. The Kier molecular flexibility index (Phi) is 10.1. The van der Waals surface area contributed by atoms with E-state index in [4.69, 9.17) is 14.7 Å². The molecule has 0 aliphatic carbocycles. The molecule has 0 atom stereocenters. The van der Waals surface area contributed by atoms with Gasteiger partial charge in [0.1, 0.15) is 18.8 Å². The minimum absolute atomic E-state index is 0.127. The first kappa shape index (κ1) is 24.1. The van der Waals surface area contributed by atoms with Crippen LogP contribution >= 0.6 is 0 Å². The van der Waals surface area contributed by atoms with Gasteiger partial charge in [-0.1, -0.05) is 26.0 Å². The van der Waals surface area contributed by atoms with E-state index in [1.165, 1.54) is 0 Å². The number of benzene rings is 1. The highest BCUT2D eigenvalue weighted by Gasteiger charge is 2.30. The highest BCUT2D eigenvalue weighted by molar-refractivity contribution is 5.79. The molecule has 7 heteroatoms. The molecule has 1 aliphatic heterocycles. The number of likely N-dealkylation sites (N-methyl/N-ethyl adjacent to an activating group) is 1. The van der Waals surface area contributed by atoms with E-state index in [2.05, 4.69) is 22.2 Å². The van der Waals surface area contributed by atoms with Crippen molar-refractivity contribution in [2.24, 2.45) is 0 Å². The second-order valence-corrected chi connectivity index (χ2v) is 7.80. The molecular weight excluding hydrogens is 380 g/mol. The zero-order chi connectivity index (χ0) is 21.8. The van der Waals surface area contributed by atoms with Crippen LogP contribution in [0.4, 0.5) is 0 Å². The van der Waals surface area contributed by atoms with Gasteiger partial charge >= 0.3 is 0 Å². The molecule has 30 heavy (non-hydrogen) atoms. The Morgan fingerprint density at radius 3 is 2.37 bits per heavy atom. The van der Waals surface area contributed by atoms with Gasteiger partial charge in [-0.15, -0.1) is 0 Å². The molecule has 7 nitrogen and oxygen atoms in total. The third kappa shape index (κ3) is 7.28. The van der Waals surface area contributed by atoms with Crippen molar-refractivity contribution in [2.75, 3.05) is 59.6 Å². The lowest BCUT2D eigenvalue weighted by Gasteiger charge is -2.33. The Bertz CT molecular complexity index is 675. The number of ether oxygens (including phenoxy) is 2. The number of nitrogens with zero attached hydrogens (tertiary/aromatic N) is 3. The fourth-order valence-electron chi connectivity index (χ4n) is 3.75. The molecule has 1 N–H and O–H groups in total. The number of carbonyl (C=O) groups is 1. The van der Waals surface area contributed by atoms with Crippen molar-refractivity contribution in [1.82, 2.24) is 15.1 Å². The lowest BCUT2D eigenvalue weighted by molar-refractivity contribution is -0.122. The monoisotopic (exact) mass is 416 g/mol. The summed E-state index contributed by atoms with van der Waals surface area (Å²) in [6, 6.07) is 9.74. The van der Waals surface area contributed by atoms with Crippen molar-refractivity contribution in [3.8, 4) is 11.8 Å². The zero-order valence-electron chi connectivity index (χ0n) is 18.7. The van der Waals surface area contributed by atoms with E-state index < -0.39 is 5.54 Å². The molecule has 1 saturated heterocycles. The van der Waals surface area contributed by atoms with Crippen LogP contribution in [0.2, 0.25) is 0 Å². The van der Waals surface area contributed by atoms with Gasteiger partial charge in [0.05, 0.1) is 24.8 Å². The summed E-state index contributed by atoms with van der Waals surface area (Å²) in [6.07, 6.45) is 1.38. The van der Waals surface area contributed by atoms with Gasteiger partial charge in [0.25, 0.3) is 0 Å². The Labute approximate surface area is 180 Å². The van der Waals surface area contributed by atoms with E-state index in [1.807, 2.05) is 44.2 Å². The van der Waals surface area contributed by atoms with Gasteiger partial charge < -0.3 is 19.7 Å². The third-order valence-electron chi connectivity index (χ3n) is 5.88. The summed E-state index contributed by atoms with van der Waals surface area (Å²) in [6.45, 7) is 11.3. The summed E-state index contributed by atoms with van der Waals surface area (Å²) in [4.78, 5) is 16.8. The lowest BCUT2D eigenvalue weighted by atomic mass is 9.84. The molecule has 1 aromatic rings. The molecule has 1 aliphatic rings. The van der Waals surface area contributed by atoms with Crippen LogP contribution in [0, 0.1) is 11.3 Å². The maximum absolute atomic E-state index is 12.0. The van der Waals surface area contributed by atoms with Crippen LogP contribution in [0.1, 0.15) is 38.7 Å². The molecule has 0 saturated carbocycles. The van der Waals surface area contributed by atoms with E-state index in [9.17, 15) is 4.79 Å². The third-order valence-corrected chi connectivity index (χ3v) is 5.88. The molecular formula is C23H36N4O3. The number of nitriles is 1. The van der Waals surface area contributed by atoms with Crippen molar-refractivity contribution in [2.45, 2.75) is 38.6 Å². The zero-order valence-corrected chi connectivity index (χ0v) is 18.7. The summed E-state index contributed by atoms with van der Waals surface area (Å²) in [5, 5.41) is 11.8. The lowest BCUT2D eigenvalue weighted by Crippen LogP contribution is -2.45. The summed E-state index contributed by atoms with van der Waals surface area (Å²) in [5.41, 5.74) is 0.563. The van der Waals surface area contributed by atoms with Crippen LogP contribution in [0.3, 0.4) is 0 Å². The van der Waals surface area contributed by atoms with Gasteiger partial charge in [-0.2, -0.15) is 5.26 Å². The molecule has 0 radical (unpaired) electrons. The number of piperazine rings is 1. The SMILES string of the molecule is CCC(CC)(NC(=O)CC#N)c1ccc(OCCOCCN2CCN(C)CC2)cc1. The molecule has 1 fully saturated rings. The largest absolute Gasteiger partial charge is 0.491 e. The van der Waals surface area contributed by atoms with Gasteiger partial charge in [0.15, 0.2) is 0 Å². The van der Waals surface area contributed by atoms with Crippen molar-refractivity contribution in [3.05, 3.63) is 29.8 Å². The van der Waals surface area contributed by atoms with E-state index >= 15 is 0 Å². The summed E-state index contributed by atoms with van der Waals surface area (Å²) >= 11 is 0. The molecule has 1 heterocycles. The van der Waals surface area contributed by atoms with E-state index in [0.717, 1.165) is 63.5 Å². The van der Waals surface area contributed by atoms with Gasteiger partial charge in [-0.05, 0) is 37.6 Å². The first-order chi connectivity index (χ1) is 14.5. The topological polar surface area (TPSA) is 77.8 Å². The molecule has 1 amide bonds. The second-order valence-electron chi connectivity index (χ2n) is 7.80.